The number of aromatic amines is 1. The third-order valence-electron chi connectivity index (χ3n) is 8.86. The smallest absolute Gasteiger partial charge is 0.247 e. The van der Waals surface area contributed by atoms with Crippen LogP contribution in [0, 0.1) is 0 Å². The minimum atomic E-state index is 0.722. The number of imidazole rings is 1. The number of H-pyrrole nitrogens is 1. The molecular weight excluding hydrogens is 460 g/mol. The summed E-state index contributed by atoms with van der Waals surface area (Å²) < 4.78 is 2.33. The lowest BCUT2D eigenvalue weighted by Gasteiger charge is -2.13. The monoisotopic (exact) mass is 532 g/mol. The molecule has 0 saturated heterocycles. The number of nitrogens with one attached hydrogen (secondary N) is 1. The van der Waals surface area contributed by atoms with E-state index in [2.05, 4.69) is 42.8 Å². The highest BCUT2D eigenvalue weighted by Gasteiger charge is 2.20. The Bertz CT molecular complexity index is 578. The predicted octanol–water partition coefficient (Wildman–Crippen LogP) is 12.3. The molecule has 224 valence electrons. The van der Waals surface area contributed by atoms with Gasteiger partial charge in [0.2, 0.25) is 0 Å². The van der Waals surface area contributed by atoms with Crippen LogP contribution in [0.15, 0.2) is 12.4 Å². The number of aryl methyl sites for hydroxylation is 1. The van der Waals surface area contributed by atoms with Crippen molar-refractivity contribution >= 4 is 0 Å². The van der Waals surface area contributed by atoms with Gasteiger partial charge in [0.15, 0.2) is 0 Å². The van der Waals surface area contributed by atoms with Gasteiger partial charge in [0.1, 0.15) is 12.4 Å². The molecule has 1 rings (SSSR count). The lowest BCUT2D eigenvalue weighted by Crippen LogP contribution is -2.32. The fourth-order valence-electron chi connectivity index (χ4n) is 6.23. The average molecular weight is 532 g/mol. The van der Waals surface area contributed by atoms with Gasteiger partial charge in [-0.25, -0.2) is 9.55 Å². The molecule has 0 aromatic carbocycles. The molecule has 0 aliphatic heterocycles. The van der Waals surface area contributed by atoms with Crippen LogP contribution in [-0.4, -0.2) is 4.98 Å². The van der Waals surface area contributed by atoms with Gasteiger partial charge in [0.05, 0.1) is 13.0 Å². The van der Waals surface area contributed by atoms with Crippen molar-refractivity contribution in [2.75, 3.05) is 0 Å². The minimum Gasteiger partial charge on any atom is -0.247 e. The zero-order valence-corrected chi connectivity index (χ0v) is 26.7. The molecule has 2 nitrogen and oxygen atoms in total. The quantitative estimate of drug-likeness (QED) is 0.0752. The van der Waals surface area contributed by atoms with Crippen molar-refractivity contribution in [3.8, 4) is 0 Å². The Kier molecular flexibility index (Phi) is 25.7. The summed E-state index contributed by atoms with van der Waals surface area (Å²) in [5, 5.41) is 0. The third-order valence-corrected chi connectivity index (χ3v) is 8.86. The Balaban J connectivity index is 2.00. The van der Waals surface area contributed by atoms with Crippen LogP contribution in [0.5, 0.6) is 0 Å². The van der Waals surface area contributed by atoms with Crippen LogP contribution in [0.3, 0.4) is 0 Å². The highest BCUT2D eigenvalue weighted by molar-refractivity contribution is 4.89. The minimum absolute atomic E-state index is 0.722. The molecule has 1 heterocycles. The second-order valence-corrected chi connectivity index (χ2v) is 12.6. The molecule has 38 heavy (non-hydrogen) atoms. The molecule has 0 spiro atoms. The zero-order chi connectivity index (χ0) is 27.4. The van der Waals surface area contributed by atoms with Crippen LogP contribution in [0.1, 0.15) is 212 Å². The molecule has 0 bridgehead atoms. The largest absolute Gasteiger partial charge is 0.257 e. The topological polar surface area (TPSA) is 19.7 Å². The molecular formula is C36H71N2+. The maximum absolute atomic E-state index is 3.56. The molecule has 0 aliphatic carbocycles. The van der Waals surface area contributed by atoms with Crippen molar-refractivity contribution < 1.29 is 4.57 Å². The molecule has 0 unspecified atom stereocenters. The highest BCUT2D eigenvalue weighted by Crippen LogP contribution is 2.26. The van der Waals surface area contributed by atoms with Gasteiger partial charge in [-0.05, 0) is 12.8 Å². The summed E-state index contributed by atoms with van der Waals surface area (Å²) in [6.45, 7) is 4.61. The van der Waals surface area contributed by atoms with Crippen molar-refractivity contribution in [2.45, 2.75) is 206 Å². The van der Waals surface area contributed by atoms with Gasteiger partial charge in [0.25, 0.3) is 5.82 Å². The predicted molar refractivity (Wildman–Crippen MR) is 170 cm³/mol. The molecule has 1 N–H and O–H groups in total. The van der Waals surface area contributed by atoms with Crippen molar-refractivity contribution in [2.24, 2.45) is 7.05 Å². The Labute approximate surface area is 240 Å². The maximum atomic E-state index is 3.56. The highest BCUT2D eigenvalue weighted by atomic mass is 15.0. The lowest BCUT2D eigenvalue weighted by molar-refractivity contribution is -0.679. The third kappa shape index (κ3) is 21.1. The van der Waals surface area contributed by atoms with Crippen molar-refractivity contribution in [1.29, 1.82) is 0 Å². The Morgan fingerprint density at radius 1 is 0.474 bits per heavy atom. The summed E-state index contributed by atoms with van der Waals surface area (Å²) >= 11 is 0. The number of hydrogen-bond donors (Lipinski definition) is 1. The van der Waals surface area contributed by atoms with Gasteiger partial charge in [0, 0.05) is 0 Å². The first-order chi connectivity index (χ1) is 18.8. The first-order valence-corrected chi connectivity index (χ1v) is 17.8. The van der Waals surface area contributed by atoms with Crippen molar-refractivity contribution in [1.82, 2.24) is 4.98 Å². The Morgan fingerprint density at radius 2 is 0.763 bits per heavy atom. The molecule has 1 aromatic rings. The normalized spacial score (nSPS) is 12.4. The van der Waals surface area contributed by atoms with Crippen molar-refractivity contribution in [3.05, 3.63) is 18.2 Å². The Morgan fingerprint density at radius 3 is 1.03 bits per heavy atom. The van der Waals surface area contributed by atoms with Gasteiger partial charge in [-0.2, -0.15) is 0 Å². The second kappa shape index (κ2) is 27.8. The Hall–Kier alpha value is -0.790. The summed E-state index contributed by atoms with van der Waals surface area (Å²) in [6, 6.07) is 0. The van der Waals surface area contributed by atoms with Crippen LogP contribution in [0.4, 0.5) is 0 Å². The van der Waals surface area contributed by atoms with Gasteiger partial charge < -0.3 is 0 Å². The van der Waals surface area contributed by atoms with Crippen LogP contribution in [-0.2, 0) is 7.05 Å². The van der Waals surface area contributed by atoms with E-state index in [0.717, 1.165) is 5.92 Å². The molecule has 0 saturated carbocycles. The zero-order valence-electron chi connectivity index (χ0n) is 26.7. The number of hydrogen-bond acceptors (Lipinski definition) is 0. The van der Waals surface area contributed by atoms with E-state index in [0.29, 0.717) is 0 Å². The van der Waals surface area contributed by atoms with E-state index < -0.39 is 0 Å². The van der Waals surface area contributed by atoms with E-state index in [1.165, 1.54) is 192 Å². The number of unbranched alkanes of at least 4 members (excludes halogenated alkanes) is 25. The molecule has 1 atom stereocenters. The molecule has 2 heteroatoms. The van der Waals surface area contributed by atoms with Gasteiger partial charge in [-0.3, -0.25) is 0 Å². The number of aromatic nitrogens is 2. The standard InChI is InChI=1S/C36H70N2/c1-4-6-8-10-12-14-16-18-19-20-22-24-26-28-30-32-35(36-37-33-34-38(36)3)31-29-27-25-23-21-17-15-13-11-9-7-5-2/h33-35H,4-32H2,1-3H3/p+1/t35-/m0/s1. The van der Waals surface area contributed by atoms with E-state index >= 15 is 0 Å². The second-order valence-electron chi connectivity index (χ2n) is 12.6. The van der Waals surface area contributed by atoms with Crippen LogP contribution >= 0.6 is 0 Å². The average Bonchev–Trinajstić information content (AvgIpc) is 3.35. The van der Waals surface area contributed by atoms with E-state index in [1.54, 1.807) is 0 Å². The van der Waals surface area contributed by atoms with Crippen LogP contribution in [0.2, 0.25) is 0 Å². The summed E-state index contributed by atoms with van der Waals surface area (Å²) in [5.74, 6) is 2.18. The van der Waals surface area contributed by atoms with Gasteiger partial charge in [-0.1, -0.05) is 187 Å². The fourth-order valence-corrected chi connectivity index (χ4v) is 6.23. The summed E-state index contributed by atoms with van der Waals surface area (Å²) in [7, 11) is 2.22. The first kappa shape index (κ1) is 35.2. The fraction of sp³-hybridized carbons (Fsp3) is 0.917. The van der Waals surface area contributed by atoms with Gasteiger partial charge >= 0.3 is 0 Å². The molecule has 0 amide bonds. The van der Waals surface area contributed by atoms with E-state index in [4.69, 9.17) is 0 Å². The van der Waals surface area contributed by atoms with E-state index in [9.17, 15) is 0 Å². The van der Waals surface area contributed by atoms with Crippen LogP contribution < -0.4 is 4.57 Å². The van der Waals surface area contributed by atoms with Gasteiger partial charge in [-0.15, -0.1) is 0 Å². The summed E-state index contributed by atoms with van der Waals surface area (Å²) in [6.07, 6.45) is 46.1. The lowest BCUT2D eigenvalue weighted by atomic mass is 9.93. The summed E-state index contributed by atoms with van der Waals surface area (Å²) in [5.41, 5.74) is 0. The van der Waals surface area contributed by atoms with E-state index in [1.807, 2.05) is 0 Å². The summed E-state index contributed by atoms with van der Waals surface area (Å²) in [4.78, 5) is 3.56. The van der Waals surface area contributed by atoms with Crippen molar-refractivity contribution in [3.63, 3.8) is 0 Å². The molecule has 0 aliphatic rings. The molecule has 1 aromatic heterocycles. The molecule has 0 fully saturated rings. The molecule has 0 radical (unpaired) electrons. The van der Waals surface area contributed by atoms with E-state index in [-0.39, 0.29) is 0 Å². The number of rotatable bonds is 30. The SMILES string of the molecule is CCCCCCCCCCCCCCCCC[C@H](CCCCCCCCCCCCCC)c1[nH]cc[n+]1C. The number of nitrogens with zero attached hydrogens (tertiary/aromatic N) is 1. The first-order valence-electron chi connectivity index (χ1n) is 17.8. The van der Waals surface area contributed by atoms with Crippen LogP contribution in [0.25, 0.3) is 0 Å². The maximum Gasteiger partial charge on any atom is 0.257 e.